The summed E-state index contributed by atoms with van der Waals surface area (Å²) in [5, 5.41) is 23.8. The number of carboxylic acids is 1. The first-order valence-corrected chi connectivity index (χ1v) is 7.38. The molecule has 2 rings (SSSR count). The Hall–Kier alpha value is -0.880. The minimum atomic E-state index is -0.899. The highest BCUT2D eigenvalue weighted by Crippen LogP contribution is 2.41. The van der Waals surface area contributed by atoms with E-state index in [1.807, 2.05) is 18.5 Å². The van der Waals surface area contributed by atoms with E-state index in [0.717, 1.165) is 28.8 Å². The molecule has 0 radical (unpaired) electrons. The first kappa shape index (κ1) is 14.5. The Morgan fingerprint density at radius 3 is 2.63 bits per heavy atom. The lowest BCUT2D eigenvalue weighted by molar-refractivity contribution is -0.158. The van der Waals surface area contributed by atoms with Crippen molar-refractivity contribution in [2.45, 2.75) is 51.7 Å². The molecule has 1 aromatic rings. The molecule has 106 valence electrons. The lowest BCUT2D eigenvalue weighted by Crippen LogP contribution is -2.48. The number of aliphatic hydroxyl groups is 1. The number of hydrogen-bond donors (Lipinski definition) is 2. The number of aryl methyl sites for hydroxylation is 2. The molecule has 0 saturated heterocycles. The summed E-state index contributed by atoms with van der Waals surface area (Å²) in [6.07, 6.45) is 1.94. The van der Waals surface area contributed by atoms with E-state index >= 15 is 0 Å². The van der Waals surface area contributed by atoms with Crippen LogP contribution in [0.1, 0.15) is 38.1 Å². The summed E-state index contributed by atoms with van der Waals surface area (Å²) in [6.45, 7) is 4.79. The summed E-state index contributed by atoms with van der Waals surface area (Å²) in [4.78, 5) is 10.8. The van der Waals surface area contributed by atoms with Gasteiger partial charge in [0, 0.05) is 13.0 Å². The van der Waals surface area contributed by atoms with E-state index in [4.69, 9.17) is 5.11 Å². The Morgan fingerprint density at radius 1 is 1.53 bits per heavy atom. The van der Waals surface area contributed by atoms with Crippen LogP contribution in [0.25, 0.3) is 0 Å². The van der Waals surface area contributed by atoms with Gasteiger partial charge in [-0.2, -0.15) is 5.10 Å². The van der Waals surface area contributed by atoms with Crippen LogP contribution in [0.2, 0.25) is 0 Å². The molecule has 0 spiro atoms. The molecule has 0 aromatic carbocycles. The molecule has 1 fully saturated rings. The van der Waals surface area contributed by atoms with Crippen LogP contribution in [0.4, 0.5) is 0 Å². The van der Waals surface area contributed by atoms with Crippen molar-refractivity contribution >= 4 is 21.9 Å². The van der Waals surface area contributed by atoms with E-state index in [1.54, 1.807) is 0 Å². The third kappa shape index (κ3) is 2.69. The van der Waals surface area contributed by atoms with Crippen molar-refractivity contribution < 1.29 is 15.0 Å². The van der Waals surface area contributed by atoms with Crippen molar-refractivity contribution in [2.24, 2.45) is 5.92 Å². The summed E-state index contributed by atoms with van der Waals surface area (Å²) in [6, 6.07) is 0. The van der Waals surface area contributed by atoms with Gasteiger partial charge in [-0.25, -0.2) is 0 Å². The average molecular weight is 331 g/mol. The van der Waals surface area contributed by atoms with Crippen LogP contribution in [0.3, 0.4) is 0 Å². The number of halogens is 1. The topological polar surface area (TPSA) is 75.3 Å². The number of hydrogen-bond acceptors (Lipinski definition) is 3. The van der Waals surface area contributed by atoms with E-state index < -0.39 is 17.5 Å². The molecule has 1 aliphatic rings. The van der Waals surface area contributed by atoms with Gasteiger partial charge in [-0.3, -0.25) is 9.48 Å². The van der Waals surface area contributed by atoms with E-state index in [2.05, 4.69) is 21.0 Å². The van der Waals surface area contributed by atoms with E-state index in [-0.39, 0.29) is 0 Å². The zero-order valence-electron chi connectivity index (χ0n) is 11.2. The molecule has 1 heterocycles. The van der Waals surface area contributed by atoms with Crippen molar-refractivity contribution in [1.82, 2.24) is 9.78 Å². The number of carbonyl (C=O) groups is 1. The first-order chi connectivity index (χ1) is 8.90. The summed E-state index contributed by atoms with van der Waals surface area (Å²) in [7, 11) is 0. The Bertz CT molecular complexity index is 492. The smallest absolute Gasteiger partial charge is 0.306 e. The molecule has 0 bridgehead atoms. The van der Waals surface area contributed by atoms with E-state index in [9.17, 15) is 9.90 Å². The van der Waals surface area contributed by atoms with Gasteiger partial charge in [0.25, 0.3) is 0 Å². The van der Waals surface area contributed by atoms with Crippen molar-refractivity contribution in [2.75, 3.05) is 0 Å². The fraction of sp³-hybridized carbons (Fsp3) is 0.692. The van der Waals surface area contributed by atoms with Crippen LogP contribution >= 0.6 is 15.9 Å². The highest BCUT2D eigenvalue weighted by Gasteiger charge is 2.47. The molecule has 0 amide bonds. The average Bonchev–Trinajstić information content (AvgIpc) is 2.62. The minimum absolute atomic E-state index is 0.325. The number of nitrogens with zero attached hydrogens (tertiary/aromatic N) is 2. The van der Waals surface area contributed by atoms with Gasteiger partial charge in [0.15, 0.2) is 0 Å². The zero-order chi connectivity index (χ0) is 14.2. The van der Waals surface area contributed by atoms with Gasteiger partial charge in [-0.15, -0.1) is 0 Å². The van der Waals surface area contributed by atoms with Crippen LogP contribution in [-0.2, 0) is 24.2 Å². The fourth-order valence-corrected chi connectivity index (χ4v) is 3.38. The number of aromatic nitrogens is 2. The molecule has 2 N–H and O–H groups in total. The summed E-state index contributed by atoms with van der Waals surface area (Å²) >= 11 is 3.54. The lowest BCUT2D eigenvalue weighted by atomic mass is 9.69. The minimum Gasteiger partial charge on any atom is -0.481 e. The predicted molar refractivity (Wildman–Crippen MR) is 74.0 cm³/mol. The second-order valence-corrected chi connectivity index (χ2v) is 6.01. The predicted octanol–water partition coefficient (Wildman–Crippen LogP) is 2.00. The molecular formula is C13H19BrN2O3. The van der Waals surface area contributed by atoms with Crippen molar-refractivity contribution in [3.8, 4) is 0 Å². The molecule has 0 unspecified atom stereocenters. The van der Waals surface area contributed by atoms with E-state index in [0.29, 0.717) is 19.3 Å². The molecule has 5 nitrogen and oxygen atoms in total. The second kappa shape index (κ2) is 5.25. The summed E-state index contributed by atoms with van der Waals surface area (Å²) < 4.78 is 2.83. The van der Waals surface area contributed by atoms with Crippen LogP contribution in [0.5, 0.6) is 0 Å². The Labute approximate surface area is 120 Å². The highest BCUT2D eigenvalue weighted by molar-refractivity contribution is 9.10. The molecule has 0 aliphatic heterocycles. The molecule has 6 heteroatoms. The Balaban J connectivity index is 2.16. The highest BCUT2D eigenvalue weighted by atomic mass is 79.9. The van der Waals surface area contributed by atoms with Crippen LogP contribution in [-0.4, -0.2) is 31.6 Å². The van der Waals surface area contributed by atoms with Crippen molar-refractivity contribution in [3.05, 3.63) is 15.9 Å². The van der Waals surface area contributed by atoms with Crippen LogP contribution in [0, 0.1) is 5.92 Å². The third-order valence-electron chi connectivity index (χ3n) is 3.79. The van der Waals surface area contributed by atoms with Gasteiger partial charge >= 0.3 is 5.97 Å². The van der Waals surface area contributed by atoms with Gasteiger partial charge < -0.3 is 10.2 Å². The standard InChI is InChI=1S/C13H19BrN2O3/c1-3-9-11(14)10(16(4-2)15-9)7-13(19)5-8(6-13)12(17)18/h8,19H,3-7H2,1-2H3,(H,17,18). The van der Waals surface area contributed by atoms with Gasteiger partial charge in [0.05, 0.1) is 27.4 Å². The summed E-state index contributed by atoms with van der Waals surface area (Å²) in [5.41, 5.74) is 1.05. The van der Waals surface area contributed by atoms with Crippen LogP contribution < -0.4 is 0 Å². The second-order valence-electron chi connectivity index (χ2n) is 5.22. The van der Waals surface area contributed by atoms with Crippen molar-refractivity contribution in [1.29, 1.82) is 0 Å². The lowest BCUT2D eigenvalue weighted by Gasteiger charge is -2.41. The van der Waals surface area contributed by atoms with Crippen LogP contribution in [0.15, 0.2) is 4.47 Å². The van der Waals surface area contributed by atoms with Gasteiger partial charge in [-0.05, 0) is 42.1 Å². The molecule has 1 aromatic heterocycles. The maximum atomic E-state index is 10.8. The Morgan fingerprint density at radius 2 is 2.16 bits per heavy atom. The van der Waals surface area contributed by atoms with E-state index in [1.165, 1.54) is 0 Å². The van der Waals surface area contributed by atoms with Crippen molar-refractivity contribution in [3.63, 3.8) is 0 Å². The molecular weight excluding hydrogens is 312 g/mol. The Kier molecular flexibility index (Phi) is 4.01. The maximum absolute atomic E-state index is 10.8. The SMILES string of the molecule is CCc1nn(CC)c(CC2(O)CC(C(=O)O)C2)c1Br. The molecule has 0 atom stereocenters. The number of aliphatic carboxylic acids is 1. The quantitative estimate of drug-likeness (QED) is 0.865. The monoisotopic (exact) mass is 330 g/mol. The zero-order valence-corrected chi connectivity index (χ0v) is 12.8. The normalized spacial score (nSPS) is 26.2. The largest absolute Gasteiger partial charge is 0.481 e. The first-order valence-electron chi connectivity index (χ1n) is 6.59. The molecule has 19 heavy (non-hydrogen) atoms. The van der Waals surface area contributed by atoms with Gasteiger partial charge in [0.1, 0.15) is 0 Å². The maximum Gasteiger partial charge on any atom is 0.306 e. The molecule has 1 saturated carbocycles. The van der Waals surface area contributed by atoms with Gasteiger partial charge in [-0.1, -0.05) is 6.92 Å². The number of rotatable bonds is 5. The summed E-state index contributed by atoms with van der Waals surface area (Å²) in [5.74, 6) is -1.23. The number of carboxylic acid groups (broad SMARTS) is 1. The van der Waals surface area contributed by atoms with Gasteiger partial charge in [0.2, 0.25) is 0 Å². The molecule has 1 aliphatic carbocycles. The fourth-order valence-electron chi connectivity index (χ4n) is 2.67. The third-order valence-corrected chi connectivity index (χ3v) is 4.71.